The predicted molar refractivity (Wildman–Crippen MR) is 61.2 cm³/mol. The summed E-state index contributed by atoms with van der Waals surface area (Å²) in [6.45, 7) is 8.22. The van der Waals surface area contributed by atoms with Crippen molar-refractivity contribution in [3.05, 3.63) is 0 Å². The van der Waals surface area contributed by atoms with Gasteiger partial charge >= 0.3 is 12.1 Å². The summed E-state index contributed by atoms with van der Waals surface area (Å²) in [5.74, 6) is -0.576. The highest BCUT2D eigenvalue weighted by Crippen LogP contribution is 2.15. The van der Waals surface area contributed by atoms with E-state index >= 15 is 0 Å². The highest BCUT2D eigenvalue weighted by molar-refractivity contribution is 5.78. The Hall–Kier alpha value is -1.30. The zero-order chi connectivity index (χ0) is 13.9. The number of methoxy groups -OCH3 is 1. The number of rotatable bonds is 3. The highest BCUT2D eigenvalue weighted by Gasteiger charge is 2.34. The van der Waals surface area contributed by atoms with Crippen LogP contribution >= 0.6 is 0 Å². The number of carbonyl (C=O) groups excluding carboxylic acids is 2. The predicted octanol–water partition coefficient (Wildman–Crippen LogP) is 1.74. The van der Waals surface area contributed by atoms with E-state index in [0.717, 1.165) is 5.06 Å². The largest absolute Gasteiger partial charge is 0.467 e. The number of ether oxygens (including phenoxy) is 2. The Balaban J connectivity index is 4.49. The Morgan fingerprint density at radius 1 is 1.06 bits per heavy atom. The second-order valence-electron chi connectivity index (χ2n) is 5.07. The minimum absolute atomic E-state index is 0.576. The van der Waals surface area contributed by atoms with Crippen molar-refractivity contribution in [3.63, 3.8) is 0 Å². The first-order valence-corrected chi connectivity index (χ1v) is 5.24. The molecule has 6 heteroatoms. The molecule has 100 valence electrons. The SMILES string of the molecule is COC(=O)C(C)(C)ON(C)C(=O)OC(C)(C)C. The summed E-state index contributed by atoms with van der Waals surface area (Å²) in [7, 11) is 2.62. The van der Waals surface area contributed by atoms with E-state index in [2.05, 4.69) is 4.74 Å². The summed E-state index contributed by atoms with van der Waals surface area (Å²) in [4.78, 5) is 28.1. The molecule has 0 fully saturated rings. The maximum Gasteiger partial charge on any atom is 0.434 e. The minimum atomic E-state index is -1.25. The zero-order valence-electron chi connectivity index (χ0n) is 11.5. The van der Waals surface area contributed by atoms with Gasteiger partial charge in [0.15, 0.2) is 5.60 Å². The Morgan fingerprint density at radius 2 is 1.53 bits per heavy atom. The lowest BCUT2D eigenvalue weighted by molar-refractivity contribution is -0.219. The molecule has 17 heavy (non-hydrogen) atoms. The van der Waals surface area contributed by atoms with Gasteiger partial charge in [0, 0.05) is 7.05 Å². The van der Waals surface area contributed by atoms with Crippen LogP contribution in [0.1, 0.15) is 34.6 Å². The average Bonchev–Trinajstić information content (AvgIpc) is 2.12. The average molecular weight is 247 g/mol. The van der Waals surface area contributed by atoms with Gasteiger partial charge in [0.05, 0.1) is 7.11 Å². The standard InChI is InChI=1S/C11H21NO5/c1-10(2,3)16-9(14)12(6)17-11(4,5)8(13)15-7/h1-7H3. The normalized spacial score (nSPS) is 11.9. The van der Waals surface area contributed by atoms with Crippen LogP contribution < -0.4 is 0 Å². The maximum absolute atomic E-state index is 11.6. The molecule has 6 nitrogen and oxygen atoms in total. The van der Waals surface area contributed by atoms with Gasteiger partial charge < -0.3 is 9.47 Å². The lowest BCUT2D eigenvalue weighted by Crippen LogP contribution is -2.45. The molecule has 0 saturated carbocycles. The van der Waals surface area contributed by atoms with Crippen molar-refractivity contribution in [3.8, 4) is 0 Å². The van der Waals surface area contributed by atoms with Crippen LogP contribution in [0, 0.1) is 0 Å². The molecule has 0 radical (unpaired) electrons. The van der Waals surface area contributed by atoms with Gasteiger partial charge in [-0.15, -0.1) is 0 Å². The Labute approximate surface area is 102 Å². The fourth-order valence-electron chi connectivity index (χ4n) is 0.989. The smallest absolute Gasteiger partial charge is 0.434 e. The molecule has 0 atom stereocenters. The number of nitrogens with zero attached hydrogens (tertiary/aromatic N) is 1. The fourth-order valence-corrected chi connectivity index (χ4v) is 0.989. The van der Waals surface area contributed by atoms with Crippen LogP contribution in [0.3, 0.4) is 0 Å². The van der Waals surface area contributed by atoms with Crippen molar-refractivity contribution in [1.29, 1.82) is 0 Å². The van der Waals surface area contributed by atoms with Crippen molar-refractivity contribution in [2.45, 2.75) is 45.8 Å². The lowest BCUT2D eigenvalue weighted by atomic mass is 10.1. The molecule has 0 aliphatic carbocycles. The summed E-state index contributed by atoms with van der Waals surface area (Å²) in [5, 5.41) is 0.877. The third-order valence-corrected chi connectivity index (χ3v) is 1.69. The number of hydroxylamine groups is 2. The number of esters is 1. The maximum atomic E-state index is 11.6. The van der Waals surface area contributed by atoms with Gasteiger partial charge in [0.2, 0.25) is 0 Å². The summed E-state index contributed by atoms with van der Waals surface area (Å²) in [6, 6.07) is 0. The molecule has 0 aliphatic rings. The quantitative estimate of drug-likeness (QED) is 0.561. The fraction of sp³-hybridized carbons (Fsp3) is 0.818. The van der Waals surface area contributed by atoms with Gasteiger partial charge in [-0.05, 0) is 34.6 Å². The Kier molecular flexibility index (Phi) is 4.94. The first-order valence-electron chi connectivity index (χ1n) is 5.24. The van der Waals surface area contributed by atoms with Gasteiger partial charge in [-0.1, -0.05) is 0 Å². The monoisotopic (exact) mass is 247 g/mol. The van der Waals surface area contributed by atoms with Crippen LogP contribution in [0.5, 0.6) is 0 Å². The summed E-state index contributed by atoms with van der Waals surface area (Å²) >= 11 is 0. The highest BCUT2D eigenvalue weighted by atomic mass is 16.8. The van der Waals surface area contributed by atoms with Crippen LogP contribution in [-0.2, 0) is 19.1 Å². The second kappa shape index (κ2) is 5.35. The van der Waals surface area contributed by atoms with Crippen molar-refractivity contribution >= 4 is 12.1 Å². The van der Waals surface area contributed by atoms with Crippen LogP contribution in [0.15, 0.2) is 0 Å². The van der Waals surface area contributed by atoms with Gasteiger partial charge in [-0.3, -0.25) is 4.84 Å². The molecule has 1 amide bonds. The molecule has 0 saturated heterocycles. The van der Waals surface area contributed by atoms with Crippen LogP contribution in [0.2, 0.25) is 0 Å². The summed E-state index contributed by atoms with van der Waals surface area (Å²) in [6.07, 6.45) is -0.672. The molecule has 0 bridgehead atoms. The van der Waals surface area contributed by atoms with E-state index in [1.807, 2.05) is 0 Å². The topological polar surface area (TPSA) is 65.1 Å². The molecule has 0 heterocycles. The van der Waals surface area contributed by atoms with Crippen molar-refractivity contribution < 1.29 is 23.9 Å². The molecule has 0 N–H and O–H groups in total. The summed E-state index contributed by atoms with van der Waals surface area (Å²) in [5.41, 5.74) is -1.87. The molecule has 0 aromatic heterocycles. The molecule has 0 unspecified atom stereocenters. The van der Waals surface area contributed by atoms with E-state index < -0.39 is 23.3 Å². The summed E-state index contributed by atoms with van der Waals surface area (Å²) < 4.78 is 9.62. The van der Waals surface area contributed by atoms with E-state index in [1.165, 1.54) is 28.0 Å². The van der Waals surface area contributed by atoms with Crippen molar-refractivity contribution in [1.82, 2.24) is 5.06 Å². The first kappa shape index (κ1) is 15.7. The van der Waals surface area contributed by atoms with Gasteiger partial charge in [-0.25, -0.2) is 9.59 Å². The Morgan fingerprint density at radius 3 is 1.88 bits per heavy atom. The Bertz CT molecular complexity index is 293. The number of hydrogen-bond donors (Lipinski definition) is 0. The number of hydrogen-bond acceptors (Lipinski definition) is 5. The first-order chi connectivity index (χ1) is 7.49. The van der Waals surface area contributed by atoms with Crippen molar-refractivity contribution in [2.75, 3.05) is 14.2 Å². The van der Waals surface area contributed by atoms with E-state index in [9.17, 15) is 9.59 Å². The van der Waals surface area contributed by atoms with Crippen LogP contribution in [0.25, 0.3) is 0 Å². The number of carbonyl (C=O) groups is 2. The lowest BCUT2D eigenvalue weighted by Gasteiger charge is -2.29. The third-order valence-electron chi connectivity index (χ3n) is 1.69. The third kappa shape index (κ3) is 5.53. The van der Waals surface area contributed by atoms with Crippen LogP contribution in [0.4, 0.5) is 4.79 Å². The van der Waals surface area contributed by atoms with Crippen LogP contribution in [-0.4, -0.2) is 42.5 Å². The van der Waals surface area contributed by atoms with E-state index in [0.29, 0.717) is 0 Å². The van der Waals surface area contributed by atoms with Crippen molar-refractivity contribution in [2.24, 2.45) is 0 Å². The number of amides is 1. The van der Waals surface area contributed by atoms with E-state index in [1.54, 1.807) is 20.8 Å². The molecular formula is C11H21NO5. The molecular weight excluding hydrogens is 226 g/mol. The van der Waals surface area contributed by atoms with Gasteiger partial charge in [-0.2, -0.15) is 5.06 Å². The molecule has 0 spiro atoms. The minimum Gasteiger partial charge on any atom is -0.467 e. The van der Waals surface area contributed by atoms with E-state index in [4.69, 9.17) is 9.57 Å². The van der Waals surface area contributed by atoms with Gasteiger partial charge in [0.25, 0.3) is 0 Å². The molecule has 0 aromatic rings. The second-order valence-corrected chi connectivity index (χ2v) is 5.07. The molecule has 0 aromatic carbocycles. The molecule has 0 aliphatic heterocycles. The zero-order valence-corrected chi connectivity index (χ0v) is 11.5. The molecule has 0 rings (SSSR count). The van der Waals surface area contributed by atoms with Gasteiger partial charge in [0.1, 0.15) is 5.60 Å². The van der Waals surface area contributed by atoms with E-state index in [-0.39, 0.29) is 0 Å².